The third-order valence-electron chi connectivity index (χ3n) is 3.50. The lowest BCUT2D eigenvalue weighted by Crippen LogP contribution is -2.14. The summed E-state index contributed by atoms with van der Waals surface area (Å²) in [5.74, 6) is 0. The van der Waals surface area contributed by atoms with E-state index in [0.29, 0.717) is 0 Å². The Balaban J connectivity index is 0. The standard InChI is InChI=1S/C10H13Cl.C10H14O.CCl4.CH4/c2*1-8-4-6-9(7-5-8)10(2,3)11;2-1(3,4)5;/h4-7H,1-3H3;4-7,11H,1-3H3;;1H4. The number of rotatable bonds is 2. The van der Waals surface area contributed by atoms with E-state index in [-0.39, 0.29) is 12.3 Å². The lowest BCUT2D eigenvalue weighted by atomic mass is 9.98. The highest BCUT2D eigenvalue weighted by Gasteiger charge is 2.15. The van der Waals surface area contributed by atoms with Gasteiger partial charge in [0.25, 0.3) is 3.25 Å². The molecule has 0 fully saturated rings. The Labute approximate surface area is 195 Å². The lowest BCUT2D eigenvalue weighted by Gasteiger charge is -2.17. The van der Waals surface area contributed by atoms with Gasteiger partial charge in [-0.15, -0.1) is 11.6 Å². The van der Waals surface area contributed by atoms with Crippen molar-refractivity contribution in [2.75, 3.05) is 0 Å². The van der Waals surface area contributed by atoms with Gasteiger partial charge in [0.1, 0.15) is 0 Å². The topological polar surface area (TPSA) is 20.2 Å². The van der Waals surface area contributed by atoms with Gasteiger partial charge >= 0.3 is 0 Å². The van der Waals surface area contributed by atoms with E-state index in [0.717, 1.165) is 5.56 Å². The zero-order valence-electron chi connectivity index (χ0n) is 16.5. The second-order valence-electron chi connectivity index (χ2n) is 7.19. The van der Waals surface area contributed by atoms with E-state index in [1.165, 1.54) is 16.7 Å². The average Bonchev–Trinajstić information content (AvgIpc) is 2.45. The van der Waals surface area contributed by atoms with Crippen LogP contribution in [0.15, 0.2) is 48.5 Å². The molecule has 160 valence electrons. The maximum absolute atomic E-state index is 9.58. The van der Waals surface area contributed by atoms with Crippen molar-refractivity contribution >= 4 is 58.0 Å². The summed E-state index contributed by atoms with van der Waals surface area (Å²) in [5.41, 5.74) is 3.91. The number of aliphatic hydroxyl groups is 1. The molecular formula is C22H31Cl5O. The molecule has 6 heteroatoms. The van der Waals surface area contributed by atoms with Crippen LogP contribution in [0.3, 0.4) is 0 Å². The van der Waals surface area contributed by atoms with Gasteiger partial charge in [0.2, 0.25) is 0 Å². The summed E-state index contributed by atoms with van der Waals surface area (Å²) >= 11 is 25.4. The summed E-state index contributed by atoms with van der Waals surface area (Å²) in [7, 11) is 0. The molecule has 0 aliphatic rings. The number of aryl methyl sites for hydroxylation is 2. The van der Waals surface area contributed by atoms with Crippen molar-refractivity contribution in [1.82, 2.24) is 0 Å². The Kier molecular flexibility index (Phi) is 13.4. The van der Waals surface area contributed by atoms with E-state index >= 15 is 0 Å². The first kappa shape index (κ1) is 30.0. The van der Waals surface area contributed by atoms with Crippen molar-refractivity contribution < 1.29 is 5.11 Å². The van der Waals surface area contributed by atoms with Crippen LogP contribution in [0.5, 0.6) is 0 Å². The first-order valence-corrected chi connectivity index (χ1v) is 10.2. The van der Waals surface area contributed by atoms with Gasteiger partial charge in [-0.05, 0) is 52.7 Å². The van der Waals surface area contributed by atoms with Crippen molar-refractivity contribution in [3.63, 3.8) is 0 Å². The fraction of sp³-hybridized carbons (Fsp3) is 0.455. The van der Waals surface area contributed by atoms with E-state index in [1.54, 1.807) is 13.8 Å². The summed E-state index contributed by atoms with van der Waals surface area (Å²) < 4.78 is -1.61. The molecule has 2 aromatic carbocycles. The molecule has 0 spiro atoms. The van der Waals surface area contributed by atoms with Gasteiger partial charge in [0, 0.05) is 0 Å². The van der Waals surface area contributed by atoms with Gasteiger partial charge in [-0.25, -0.2) is 0 Å². The molecule has 0 aliphatic heterocycles. The molecule has 0 amide bonds. The van der Waals surface area contributed by atoms with Crippen LogP contribution < -0.4 is 0 Å². The summed E-state index contributed by atoms with van der Waals surface area (Å²) in [6.45, 7) is 11.7. The quantitative estimate of drug-likeness (QED) is 0.418. The summed E-state index contributed by atoms with van der Waals surface area (Å²) in [6.07, 6.45) is 0. The van der Waals surface area contributed by atoms with Crippen molar-refractivity contribution in [3.05, 3.63) is 70.8 Å². The van der Waals surface area contributed by atoms with Crippen molar-refractivity contribution in [2.45, 2.75) is 62.7 Å². The molecule has 2 rings (SSSR count). The minimum absolute atomic E-state index is 0. The number of benzene rings is 2. The average molecular weight is 489 g/mol. The minimum atomic E-state index is -1.61. The third kappa shape index (κ3) is 15.7. The highest BCUT2D eigenvalue weighted by atomic mass is 35.6. The van der Waals surface area contributed by atoms with Gasteiger partial charge in [0.15, 0.2) is 0 Å². The summed E-state index contributed by atoms with van der Waals surface area (Å²) in [6, 6.07) is 16.2. The molecule has 0 unspecified atom stereocenters. The number of alkyl halides is 5. The SMILES string of the molecule is C.Cc1ccc(C(C)(C)Cl)cc1.Cc1ccc(C(C)(C)O)cc1.ClC(Cl)(Cl)Cl. The first-order valence-electron chi connectivity index (χ1n) is 8.31. The van der Waals surface area contributed by atoms with Gasteiger partial charge in [-0.1, -0.05) is 113 Å². The van der Waals surface area contributed by atoms with Crippen LogP contribution in [-0.2, 0) is 10.5 Å². The lowest BCUT2D eigenvalue weighted by molar-refractivity contribution is 0.0786. The highest BCUT2D eigenvalue weighted by molar-refractivity contribution is 6.83. The Bertz CT molecular complexity index is 599. The highest BCUT2D eigenvalue weighted by Crippen LogP contribution is 2.30. The molecule has 0 saturated carbocycles. The molecule has 0 atom stereocenters. The summed E-state index contributed by atoms with van der Waals surface area (Å²) in [5, 5.41) is 9.58. The van der Waals surface area contributed by atoms with E-state index in [9.17, 15) is 5.11 Å². The predicted molar refractivity (Wildman–Crippen MR) is 129 cm³/mol. The molecule has 1 nitrogen and oxygen atoms in total. The maximum atomic E-state index is 9.58. The first-order chi connectivity index (χ1) is 12.0. The van der Waals surface area contributed by atoms with Gasteiger partial charge < -0.3 is 5.11 Å². The monoisotopic (exact) mass is 486 g/mol. The zero-order chi connectivity index (χ0) is 21.5. The van der Waals surface area contributed by atoms with Crippen molar-refractivity contribution in [2.24, 2.45) is 0 Å². The zero-order valence-corrected chi connectivity index (χ0v) is 20.2. The molecular weight excluding hydrogens is 458 g/mol. The van der Waals surface area contributed by atoms with Crippen molar-refractivity contribution in [1.29, 1.82) is 0 Å². The molecule has 1 N–H and O–H groups in total. The Morgan fingerprint density at radius 2 is 0.857 bits per heavy atom. The molecule has 0 bridgehead atoms. The van der Waals surface area contributed by atoms with Crippen LogP contribution in [0.1, 0.15) is 57.4 Å². The smallest absolute Gasteiger partial charge is 0.266 e. The van der Waals surface area contributed by atoms with E-state index in [2.05, 4.69) is 31.2 Å². The number of hydrogen-bond donors (Lipinski definition) is 1. The van der Waals surface area contributed by atoms with Gasteiger partial charge in [0.05, 0.1) is 10.5 Å². The van der Waals surface area contributed by atoms with Crippen molar-refractivity contribution in [3.8, 4) is 0 Å². The van der Waals surface area contributed by atoms with E-state index < -0.39 is 8.85 Å². The fourth-order valence-electron chi connectivity index (χ4n) is 1.91. The van der Waals surface area contributed by atoms with Gasteiger partial charge in [-0.2, -0.15) is 0 Å². The van der Waals surface area contributed by atoms with Crippen LogP contribution >= 0.6 is 58.0 Å². The van der Waals surface area contributed by atoms with Crippen LogP contribution in [0, 0.1) is 13.8 Å². The minimum Gasteiger partial charge on any atom is -0.386 e. The van der Waals surface area contributed by atoms with Crippen LogP contribution in [-0.4, -0.2) is 8.36 Å². The molecule has 0 aliphatic carbocycles. The predicted octanol–water partition coefficient (Wildman–Crippen LogP) is 8.88. The Morgan fingerprint density at radius 1 is 0.607 bits per heavy atom. The van der Waals surface area contributed by atoms with E-state index in [4.69, 9.17) is 58.0 Å². The molecule has 0 saturated heterocycles. The third-order valence-corrected chi connectivity index (χ3v) is 3.71. The largest absolute Gasteiger partial charge is 0.386 e. The molecule has 0 heterocycles. The summed E-state index contributed by atoms with van der Waals surface area (Å²) in [4.78, 5) is -0.242. The number of halogens is 5. The Hall–Kier alpha value is -0.150. The normalized spacial score (nSPS) is 11.3. The van der Waals surface area contributed by atoms with Crippen LogP contribution in [0.25, 0.3) is 0 Å². The second-order valence-corrected chi connectivity index (χ2v) is 11.6. The Morgan fingerprint density at radius 3 is 1.07 bits per heavy atom. The van der Waals surface area contributed by atoms with E-state index in [1.807, 2.05) is 45.0 Å². The number of hydrogen-bond acceptors (Lipinski definition) is 1. The molecule has 0 radical (unpaired) electrons. The fourth-order valence-corrected chi connectivity index (χ4v) is 2.04. The van der Waals surface area contributed by atoms with Crippen LogP contribution in [0.2, 0.25) is 0 Å². The van der Waals surface area contributed by atoms with Gasteiger partial charge in [-0.3, -0.25) is 0 Å². The van der Waals surface area contributed by atoms with Crippen LogP contribution in [0.4, 0.5) is 0 Å². The maximum Gasteiger partial charge on any atom is 0.266 e. The molecule has 28 heavy (non-hydrogen) atoms. The second kappa shape index (κ2) is 12.5. The molecule has 0 aromatic heterocycles. The molecule has 2 aromatic rings.